The van der Waals surface area contributed by atoms with E-state index in [0.29, 0.717) is 51.7 Å². The first-order valence-corrected chi connectivity index (χ1v) is 34.4. The summed E-state index contributed by atoms with van der Waals surface area (Å²) < 4.78 is 20.2. The van der Waals surface area contributed by atoms with E-state index in [4.69, 9.17) is 38.3 Å². The first kappa shape index (κ1) is 76.2. The van der Waals surface area contributed by atoms with Gasteiger partial charge in [-0.1, -0.05) is 134 Å². The summed E-state index contributed by atoms with van der Waals surface area (Å²) >= 11 is 9.85. The zero-order valence-corrected chi connectivity index (χ0v) is 59.5. The van der Waals surface area contributed by atoms with Gasteiger partial charge in [0.15, 0.2) is 28.2 Å². The second-order valence-electron chi connectivity index (χ2n) is 23.3. The molecule has 552 valence electrons. The third kappa shape index (κ3) is 21.4. The minimum atomic E-state index is -0.867. The Balaban J connectivity index is 0.000000121. The van der Waals surface area contributed by atoms with Crippen molar-refractivity contribution in [3.05, 3.63) is 344 Å². The lowest BCUT2D eigenvalue weighted by atomic mass is 10.0. The van der Waals surface area contributed by atoms with Crippen molar-refractivity contribution in [2.45, 2.75) is 6.42 Å². The fraction of sp³-hybridized carbons (Fsp3) is 0.0625. The molecule has 30 heteroatoms. The number of imidazole rings is 2. The zero-order valence-electron chi connectivity index (χ0n) is 57.8. The molecule has 0 aliphatic carbocycles. The van der Waals surface area contributed by atoms with Crippen molar-refractivity contribution in [3.63, 3.8) is 0 Å². The number of ketones is 1. The number of hydrogen-bond acceptors (Lipinski definition) is 19. The fourth-order valence-electron chi connectivity index (χ4n) is 10.6. The number of pyridine rings is 1. The topological polar surface area (TPSA) is 415 Å². The van der Waals surface area contributed by atoms with Gasteiger partial charge in [0.2, 0.25) is 5.91 Å². The number of fused-ring (bicyclic) bond motifs is 10. The van der Waals surface area contributed by atoms with Crippen LogP contribution in [-0.4, -0.2) is 93.7 Å². The third-order valence-electron chi connectivity index (χ3n) is 15.7. The van der Waals surface area contributed by atoms with E-state index in [0.717, 1.165) is 95.5 Å². The van der Waals surface area contributed by atoms with E-state index < -0.39 is 22.6 Å². The smallest absolute Gasteiger partial charge is 0.419 e. The first-order valence-electron chi connectivity index (χ1n) is 33.6. The molecule has 13 N–H and O–H groups in total. The molecule has 0 radical (unpaired) electrons. The summed E-state index contributed by atoms with van der Waals surface area (Å²) in [7, 11) is 0. The van der Waals surface area contributed by atoms with Gasteiger partial charge in [-0.25, -0.2) is 24.2 Å². The molecule has 4 aliphatic rings. The van der Waals surface area contributed by atoms with Crippen molar-refractivity contribution >= 4 is 141 Å². The summed E-state index contributed by atoms with van der Waals surface area (Å²) in [5, 5.41) is 16.5. The van der Waals surface area contributed by atoms with Gasteiger partial charge in [-0.3, -0.25) is 33.8 Å². The number of Topliss-reactive ketones (excluding diaryl/α,β-unsaturated/α-hetero) is 1. The van der Waals surface area contributed by atoms with Crippen LogP contribution in [0.25, 0.3) is 65.9 Å². The largest absolute Gasteiger partial charge is 0.484 e. The highest BCUT2D eigenvalue weighted by Crippen LogP contribution is 2.28. The van der Waals surface area contributed by atoms with Crippen molar-refractivity contribution < 1.29 is 32.7 Å². The highest BCUT2D eigenvalue weighted by atomic mass is 32.1. The molecule has 28 nitrogen and oxygen atoms in total. The maximum atomic E-state index is 11.2. The second-order valence-corrected chi connectivity index (χ2v) is 24.2. The number of para-hydroxylation sites is 16. The number of carbonyl (C=O) groups is 3. The number of anilines is 5. The van der Waals surface area contributed by atoms with Crippen LogP contribution in [0.2, 0.25) is 0 Å². The summed E-state index contributed by atoms with van der Waals surface area (Å²) in [6.45, 7) is 1.76. The lowest BCUT2D eigenvalue weighted by Crippen LogP contribution is -2.27. The van der Waals surface area contributed by atoms with Gasteiger partial charge < -0.3 is 79.8 Å². The number of nitrogens with zero attached hydrogens (tertiary/aromatic N) is 1. The number of thiocarbonyl (C=S) groups is 1. The van der Waals surface area contributed by atoms with Gasteiger partial charge in [0.1, 0.15) is 23.1 Å². The summed E-state index contributed by atoms with van der Waals surface area (Å²) in [5.41, 5.74) is 9.89. The van der Waals surface area contributed by atoms with E-state index in [1.165, 1.54) is 12.4 Å². The van der Waals surface area contributed by atoms with Crippen molar-refractivity contribution in [3.8, 4) is 11.5 Å². The van der Waals surface area contributed by atoms with E-state index in [-0.39, 0.29) is 40.9 Å². The Hall–Kier alpha value is -14.9. The van der Waals surface area contributed by atoms with Crippen LogP contribution in [0.3, 0.4) is 0 Å². The first-order chi connectivity index (χ1) is 53.5. The van der Waals surface area contributed by atoms with Gasteiger partial charge in [-0.2, -0.15) is 0 Å². The van der Waals surface area contributed by atoms with Crippen LogP contribution in [0.5, 0.6) is 11.5 Å². The van der Waals surface area contributed by atoms with Crippen LogP contribution >= 0.6 is 24.4 Å². The molecule has 0 saturated carbocycles. The Morgan fingerprint density at radius 3 is 1.55 bits per heavy atom. The molecule has 0 unspecified atom stereocenters. The standard InChI is InChI=1S/C9H9NO.C9H7NO.C8H6N2O.C8H8N2O.2C8H5NO3.C8H7NO2.C8H7NOS.C7H6N2O.C7H6N2S/c2*11-9-5-6-10-8-4-2-1-3-7(8)9;11-8-6-3-1-2-4-7(6)9-5-10-8;11-8-5-9-6-3-1-2-4-7(6)10-8;10-7-8(11)12-6-4-2-1-3-5(6)9-7;10-7-5-3-1-2-4-6(5)9-8(11)12-7;10-8-5-11-7-4-2-1-3-6(7)9-8;11-8-5-10-7-4-2-1-3-6(7)9-8;2*10-7-8-5-3-1-2-4-6(5)9-7/h1-4,10H,5-6H2;1-6H,(H,10,11);1-5H,(H,9,10,11);1-4,9H,5H2,(H,10,11);1-4H,(H,9,10);1-4H,(H,9,11);1-4H,5H2,(H,9,10);1-4H,5H2,(H,9,11);2*1-4H,(H2,8,9,10). The van der Waals surface area contributed by atoms with Gasteiger partial charge in [-0.15, -0.1) is 0 Å². The van der Waals surface area contributed by atoms with Crippen molar-refractivity contribution in [1.82, 2.24) is 44.9 Å². The number of aromatic amines is 8. The van der Waals surface area contributed by atoms with E-state index in [1.54, 1.807) is 60.8 Å². The molecule has 0 fully saturated rings. The molecule has 16 aromatic rings. The number of benzene rings is 10. The van der Waals surface area contributed by atoms with Crippen LogP contribution in [0, 0.1) is 4.77 Å². The van der Waals surface area contributed by atoms with Gasteiger partial charge in [0, 0.05) is 47.4 Å². The van der Waals surface area contributed by atoms with Gasteiger partial charge >= 0.3 is 28.3 Å². The number of aromatic nitrogens is 9. The summed E-state index contributed by atoms with van der Waals surface area (Å²) in [4.78, 5) is 135. The van der Waals surface area contributed by atoms with E-state index >= 15 is 0 Å². The fourth-order valence-corrected chi connectivity index (χ4v) is 11.0. The molecular weight excluding hydrogens is 1450 g/mol. The molecule has 0 saturated heterocycles. The summed E-state index contributed by atoms with van der Waals surface area (Å²) in [6, 6.07) is 75.4. The number of carbonyl (C=O) groups excluding carboxylic acids is 3. The van der Waals surface area contributed by atoms with Crippen molar-refractivity contribution in [2.75, 3.05) is 52.9 Å². The normalized spacial score (nSPS) is 12.1. The Morgan fingerprint density at radius 1 is 0.373 bits per heavy atom. The minimum Gasteiger partial charge on any atom is -0.484 e. The Bertz CT molecular complexity index is 6010. The highest BCUT2D eigenvalue weighted by Gasteiger charge is 2.17. The molecule has 0 atom stereocenters. The van der Waals surface area contributed by atoms with Crippen LogP contribution in [-0.2, 0) is 9.59 Å². The van der Waals surface area contributed by atoms with Crippen LogP contribution < -0.4 is 75.3 Å². The maximum absolute atomic E-state index is 11.2. The molecule has 20 rings (SSSR count). The molecule has 4 aliphatic heterocycles. The Morgan fingerprint density at radius 2 is 0.891 bits per heavy atom. The molecule has 2 amide bonds. The third-order valence-corrected chi connectivity index (χ3v) is 16.2. The average molecular weight is 1510 g/mol. The van der Waals surface area contributed by atoms with E-state index in [9.17, 15) is 47.9 Å². The number of amides is 2. The van der Waals surface area contributed by atoms with Gasteiger partial charge in [0.05, 0.1) is 85.0 Å². The lowest BCUT2D eigenvalue weighted by molar-refractivity contribution is -0.118. The van der Waals surface area contributed by atoms with Gasteiger partial charge in [0.25, 0.3) is 11.5 Å². The number of ether oxygens (including phenoxy) is 2. The van der Waals surface area contributed by atoms with Crippen LogP contribution in [0.4, 0.5) is 28.4 Å². The summed E-state index contributed by atoms with van der Waals surface area (Å²) in [6.07, 6.45) is 3.69. The molecule has 10 aromatic carbocycles. The highest BCUT2D eigenvalue weighted by molar-refractivity contribution is 7.80. The predicted octanol–water partition coefficient (Wildman–Crippen LogP) is 12.1. The monoisotopic (exact) mass is 1510 g/mol. The minimum absolute atomic E-state index is 0.0173. The SMILES string of the molecule is O=C1CCNc2ccccc21.O=C1CNc2ccccc2N1.O=C1COc2ccccc2N1.O=c1[nH]c2ccccc2[nH]1.O=c1[nH]c2ccccc2c(=O)o1.O=c1[nH]c2ccccc2oc1=O.O=c1[nH]cnc2ccccc12.O=c1cc[nH]c2ccccc12.S=C1COc2ccccc2N1.S=c1[nH]c2ccccc2[nH]1. The van der Waals surface area contributed by atoms with E-state index in [1.807, 2.05) is 188 Å². The molecule has 6 aromatic heterocycles. The number of H-pyrrole nitrogens is 8. The lowest BCUT2D eigenvalue weighted by Gasteiger charge is -2.18. The zero-order chi connectivity index (χ0) is 77.1. The summed E-state index contributed by atoms with van der Waals surface area (Å²) in [5.74, 6) is 1.07. The maximum Gasteiger partial charge on any atom is 0.419 e. The number of rotatable bonds is 0. The molecular formula is C80H66N14O14S2. The second kappa shape index (κ2) is 37.7. The van der Waals surface area contributed by atoms with Crippen molar-refractivity contribution in [1.29, 1.82) is 0 Å². The van der Waals surface area contributed by atoms with Gasteiger partial charge in [-0.05, 0) is 134 Å². The van der Waals surface area contributed by atoms with Crippen LogP contribution in [0.1, 0.15) is 16.8 Å². The molecule has 0 bridgehead atoms. The van der Waals surface area contributed by atoms with Crippen molar-refractivity contribution in [2.24, 2.45) is 0 Å². The molecule has 0 spiro atoms. The van der Waals surface area contributed by atoms with Crippen LogP contribution in [0.15, 0.2) is 304 Å². The van der Waals surface area contributed by atoms with E-state index in [2.05, 4.69) is 75.9 Å². The molecule has 10 heterocycles. The predicted molar refractivity (Wildman–Crippen MR) is 432 cm³/mol. The Labute approximate surface area is 630 Å². The number of hydrogen-bond donors (Lipinski definition) is 13. The quantitative estimate of drug-likeness (QED) is 0.0495. The number of nitrogens with one attached hydrogen (secondary N) is 13. The molecule has 110 heavy (non-hydrogen) atoms. The Kier molecular flexibility index (Phi) is 26.1. The average Bonchev–Trinajstić information content (AvgIpc) is 1.41.